The average molecular weight is 486 g/mol. The third-order valence-corrected chi connectivity index (χ3v) is 5.10. The lowest BCUT2D eigenvalue weighted by Gasteiger charge is -2.25. The van der Waals surface area contributed by atoms with Crippen LogP contribution < -0.4 is 22.1 Å². The molecule has 0 radical (unpaired) electrons. The zero-order chi connectivity index (χ0) is 25.3. The van der Waals surface area contributed by atoms with Crippen molar-refractivity contribution in [2.24, 2.45) is 16.5 Å². The van der Waals surface area contributed by atoms with Gasteiger partial charge in [-0.25, -0.2) is 9.79 Å². The summed E-state index contributed by atoms with van der Waals surface area (Å²) in [5.74, 6) is -1.69. The number of hydrogen-bond acceptors (Lipinski definition) is 6. The SMILES string of the molecule is CSc1cccc(CC(NC(=O)CNC(=O)c2cccc(N=C(N)N)c2)C(=O)OC(C)(C)C)c1. The number of guanidine groups is 1. The first-order valence-corrected chi connectivity index (χ1v) is 11.8. The molecule has 0 bridgehead atoms. The van der Waals surface area contributed by atoms with Gasteiger partial charge in [0, 0.05) is 16.9 Å². The summed E-state index contributed by atoms with van der Waals surface area (Å²) in [5, 5.41) is 5.22. The molecule has 0 aliphatic heterocycles. The predicted octanol–water partition coefficient (Wildman–Crippen LogP) is 2.11. The first-order chi connectivity index (χ1) is 16.0. The normalized spacial score (nSPS) is 11.8. The van der Waals surface area contributed by atoms with Crippen LogP contribution >= 0.6 is 11.8 Å². The van der Waals surface area contributed by atoms with Crippen molar-refractivity contribution in [3.63, 3.8) is 0 Å². The summed E-state index contributed by atoms with van der Waals surface area (Å²) in [6.45, 7) is 4.95. The van der Waals surface area contributed by atoms with Gasteiger partial charge in [0.2, 0.25) is 5.91 Å². The number of rotatable bonds is 9. The number of thioether (sulfide) groups is 1. The first-order valence-electron chi connectivity index (χ1n) is 10.6. The molecular weight excluding hydrogens is 454 g/mol. The van der Waals surface area contributed by atoms with Gasteiger partial charge in [0.1, 0.15) is 11.6 Å². The summed E-state index contributed by atoms with van der Waals surface area (Å²) in [6.07, 6.45) is 2.21. The molecule has 10 heteroatoms. The van der Waals surface area contributed by atoms with Crippen molar-refractivity contribution in [3.05, 3.63) is 59.7 Å². The van der Waals surface area contributed by atoms with Crippen LogP contribution in [0.5, 0.6) is 0 Å². The maximum Gasteiger partial charge on any atom is 0.329 e. The summed E-state index contributed by atoms with van der Waals surface area (Å²) >= 11 is 1.58. The van der Waals surface area contributed by atoms with E-state index >= 15 is 0 Å². The van der Waals surface area contributed by atoms with Crippen LogP contribution in [0.4, 0.5) is 5.69 Å². The maximum absolute atomic E-state index is 12.8. The highest BCUT2D eigenvalue weighted by Crippen LogP contribution is 2.18. The lowest BCUT2D eigenvalue weighted by atomic mass is 10.1. The molecule has 0 spiro atoms. The number of amides is 2. The van der Waals surface area contributed by atoms with Crippen molar-refractivity contribution in [2.45, 2.75) is 43.7 Å². The van der Waals surface area contributed by atoms with Crippen molar-refractivity contribution >= 4 is 41.2 Å². The van der Waals surface area contributed by atoms with Gasteiger partial charge in [0.05, 0.1) is 12.2 Å². The van der Waals surface area contributed by atoms with Crippen LogP contribution in [0.2, 0.25) is 0 Å². The Hall–Kier alpha value is -3.53. The van der Waals surface area contributed by atoms with E-state index in [-0.39, 0.29) is 24.5 Å². The quantitative estimate of drug-likeness (QED) is 0.184. The van der Waals surface area contributed by atoms with Gasteiger partial charge in [-0.05, 0) is 62.9 Å². The minimum absolute atomic E-state index is 0.131. The molecule has 0 saturated heterocycles. The molecule has 0 saturated carbocycles. The number of esters is 1. The number of hydrogen-bond donors (Lipinski definition) is 4. The summed E-state index contributed by atoms with van der Waals surface area (Å²) in [6, 6.07) is 13.1. The van der Waals surface area contributed by atoms with Gasteiger partial charge in [-0.15, -0.1) is 11.8 Å². The molecule has 182 valence electrons. The Morgan fingerprint density at radius 3 is 2.44 bits per heavy atom. The van der Waals surface area contributed by atoms with Crippen LogP contribution in [0.15, 0.2) is 58.4 Å². The van der Waals surface area contributed by atoms with Crippen LogP contribution in [-0.4, -0.2) is 48.2 Å². The minimum atomic E-state index is -0.911. The molecule has 2 amide bonds. The molecule has 0 heterocycles. The largest absolute Gasteiger partial charge is 0.458 e. The van der Waals surface area contributed by atoms with Crippen molar-refractivity contribution in [1.82, 2.24) is 10.6 Å². The van der Waals surface area contributed by atoms with Gasteiger partial charge in [0.25, 0.3) is 5.91 Å². The van der Waals surface area contributed by atoms with Gasteiger partial charge >= 0.3 is 5.97 Å². The number of nitrogens with one attached hydrogen (secondary N) is 2. The lowest BCUT2D eigenvalue weighted by molar-refractivity contribution is -0.158. The molecular formula is C24H31N5O4S. The fourth-order valence-corrected chi connectivity index (χ4v) is 3.46. The molecule has 1 atom stereocenters. The fourth-order valence-electron chi connectivity index (χ4n) is 2.98. The van der Waals surface area contributed by atoms with Gasteiger partial charge in [0.15, 0.2) is 5.96 Å². The monoisotopic (exact) mass is 485 g/mol. The zero-order valence-corrected chi connectivity index (χ0v) is 20.6. The second kappa shape index (κ2) is 12.1. The number of nitrogens with zero attached hydrogens (tertiary/aromatic N) is 1. The second-order valence-corrected chi connectivity index (χ2v) is 9.36. The van der Waals surface area contributed by atoms with Gasteiger partial charge in [-0.2, -0.15) is 0 Å². The molecule has 6 N–H and O–H groups in total. The van der Waals surface area contributed by atoms with Crippen molar-refractivity contribution in [3.8, 4) is 0 Å². The fraction of sp³-hybridized carbons (Fsp3) is 0.333. The number of benzene rings is 2. The van der Waals surface area contributed by atoms with Crippen molar-refractivity contribution in [1.29, 1.82) is 0 Å². The molecule has 2 aromatic carbocycles. The topological polar surface area (TPSA) is 149 Å². The Kier molecular flexibility index (Phi) is 9.49. The van der Waals surface area contributed by atoms with Crippen LogP contribution in [0.1, 0.15) is 36.7 Å². The van der Waals surface area contributed by atoms with Crippen molar-refractivity contribution < 1.29 is 19.1 Å². The first kappa shape index (κ1) is 26.7. The van der Waals surface area contributed by atoms with Crippen LogP contribution in [0, 0.1) is 0 Å². The lowest BCUT2D eigenvalue weighted by Crippen LogP contribution is -2.48. The standard InChI is InChI=1S/C24H31N5O4S/c1-24(2,3)33-22(32)19(12-15-7-5-10-18(11-15)34-4)29-20(30)14-27-21(31)16-8-6-9-17(13-16)28-23(25)26/h5-11,13,19H,12,14H2,1-4H3,(H,27,31)(H,29,30)(H4,25,26,28). The molecule has 0 aromatic heterocycles. The molecule has 9 nitrogen and oxygen atoms in total. The Morgan fingerprint density at radius 2 is 1.79 bits per heavy atom. The molecule has 34 heavy (non-hydrogen) atoms. The van der Waals surface area contributed by atoms with Crippen molar-refractivity contribution in [2.75, 3.05) is 12.8 Å². The van der Waals surface area contributed by atoms with E-state index in [0.29, 0.717) is 5.69 Å². The average Bonchev–Trinajstić information content (AvgIpc) is 2.75. The van der Waals surface area contributed by atoms with Gasteiger partial charge < -0.3 is 26.8 Å². The Labute approximate surface area is 203 Å². The summed E-state index contributed by atoms with van der Waals surface area (Å²) in [7, 11) is 0. The Balaban J connectivity index is 2.06. The van der Waals surface area contributed by atoms with Crippen LogP contribution in [0.25, 0.3) is 0 Å². The van der Waals surface area contributed by atoms with E-state index in [4.69, 9.17) is 16.2 Å². The van der Waals surface area contributed by atoms with E-state index in [2.05, 4.69) is 15.6 Å². The highest BCUT2D eigenvalue weighted by atomic mass is 32.2. The minimum Gasteiger partial charge on any atom is -0.458 e. The smallest absolute Gasteiger partial charge is 0.329 e. The number of carbonyl (C=O) groups is 3. The van der Waals surface area contributed by atoms with Crippen LogP contribution in [0.3, 0.4) is 0 Å². The van der Waals surface area contributed by atoms with Crippen LogP contribution in [-0.2, 0) is 20.7 Å². The van der Waals surface area contributed by atoms with E-state index in [9.17, 15) is 14.4 Å². The predicted molar refractivity (Wildman–Crippen MR) is 134 cm³/mol. The third-order valence-electron chi connectivity index (χ3n) is 4.38. The van der Waals surface area contributed by atoms with E-state index in [1.165, 1.54) is 6.07 Å². The van der Waals surface area contributed by atoms with Gasteiger partial charge in [-0.1, -0.05) is 18.2 Å². The van der Waals surface area contributed by atoms with Gasteiger partial charge in [-0.3, -0.25) is 9.59 Å². The summed E-state index contributed by atoms with van der Waals surface area (Å²) in [4.78, 5) is 42.8. The van der Waals surface area contributed by atoms with E-state index in [1.807, 2.05) is 30.5 Å². The third kappa shape index (κ3) is 9.14. The summed E-state index contributed by atoms with van der Waals surface area (Å²) < 4.78 is 5.49. The molecule has 0 fully saturated rings. The van der Waals surface area contributed by atoms with E-state index < -0.39 is 29.4 Å². The molecule has 0 aliphatic carbocycles. The molecule has 2 aromatic rings. The van der Waals surface area contributed by atoms with E-state index in [0.717, 1.165) is 10.5 Å². The molecule has 0 aliphatic rings. The number of ether oxygens (including phenoxy) is 1. The Morgan fingerprint density at radius 1 is 1.09 bits per heavy atom. The number of aliphatic imine (C=N–C) groups is 1. The highest BCUT2D eigenvalue weighted by Gasteiger charge is 2.27. The number of carbonyl (C=O) groups excluding carboxylic acids is 3. The molecule has 1 unspecified atom stereocenters. The zero-order valence-electron chi connectivity index (χ0n) is 19.8. The maximum atomic E-state index is 12.8. The number of nitrogens with two attached hydrogens (primary N) is 2. The highest BCUT2D eigenvalue weighted by molar-refractivity contribution is 7.98. The second-order valence-electron chi connectivity index (χ2n) is 8.48. The summed E-state index contributed by atoms with van der Waals surface area (Å²) in [5.41, 5.74) is 11.6. The Bertz CT molecular complexity index is 1060. The molecule has 2 rings (SSSR count). The van der Waals surface area contributed by atoms with E-state index in [1.54, 1.807) is 50.7 Å².